The van der Waals surface area contributed by atoms with E-state index in [2.05, 4.69) is 9.88 Å². The molecule has 1 aromatic rings. The number of amides is 1. The molecular formula is C17H27N5O. The van der Waals surface area contributed by atoms with E-state index in [0.29, 0.717) is 12.1 Å². The molecule has 0 spiro atoms. The second-order valence-electron chi connectivity index (χ2n) is 6.89. The Hall–Kier alpha value is -1.85. The summed E-state index contributed by atoms with van der Waals surface area (Å²) in [5.74, 6) is 1.94. The molecule has 2 fully saturated rings. The van der Waals surface area contributed by atoms with Crippen molar-refractivity contribution in [3.63, 3.8) is 0 Å². The maximum Gasteiger partial charge on any atom is 0.227 e. The largest absolute Gasteiger partial charge is 0.363 e. The van der Waals surface area contributed by atoms with Crippen LogP contribution >= 0.6 is 0 Å². The molecule has 0 bridgehead atoms. The predicted octanol–water partition coefficient (Wildman–Crippen LogP) is 1.83. The van der Waals surface area contributed by atoms with E-state index >= 15 is 0 Å². The number of carbonyl (C=O) groups is 1. The van der Waals surface area contributed by atoms with Crippen LogP contribution in [0.2, 0.25) is 0 Å². The Morgan fingerprint density at radius 1 is 1.17 bits per heavy atom. The zero-order valence-electron chi connectivity index (χ0n) is 14.6. The Morgan fingerprint density at radius 2 is 1.87 bits per heavy atom. The molecule has 0 aliphatic carbocycles. The molecule has 2 aliphatic heterocycles. The molecule has 2 saturated heterocycles. The lowest BCUT2D eigenvalue weighted by molar-refractivity contribution is -0.129. The van der Waals surface area contributed by atoms with Crippen LogP contribution in [0.15, 0.2) is 6.07 Å². The number of anilines is 2. The fourth-order valence-corrected chi connectivity index (χ4v) is 3.92. The van der Waals surface area contributed by atoms with Gasteiger partial charge < -0.3 is 14.7 Å². The minimum atomic E-state index is 0.193. The number of hydrogen-bond donors (Lipinski definition) is 0. The van der Waals surface area contributed by atoms with Crippen molar-refractivity contribution in [2.75, 3.05) is 37.0 Å². The van der Waals surface area contributed by atoms with E-state index in [9.17, 15) is 4.79 Å². The van der Waals surface area contributed by atoms with Gasteiger partial charge in [0, 0.05) is 45.9 Å². The Morgan fingerprint density at radius 3 is 2.57 bits per heavy atom. The lowest BCUT2D eigenvalue weighted by Crippen LogP contribution is -2.48. The first-order valence-electron chi connectivity index (χ1n) is 8.54. The average molecular weight is 317 g/mol. The van der Waals surface area contributed by atoms with Crippen LogP contribution in [0, 0.1) is 6.92 Å². The van der Waals surface area contributed by atoms with Gasteiger partial charge in [0.05, 0.1) is 12.1 Å². The average Bonchev–Trinajstić information content (AvgIpc) is 3.14. The number of aryl methyl sites for hydroxylation is 1. The van der Waals surface area contributed by atoms with E-state index < -0.39 is 0 Å². The van der Waals surface area contributed by atoms with Gasteiger partial charge >= 0.3 is 0 Å². The second kappa shape index (κ2) is 6.34. The lowest BCUT2D eigenvalue weighted by atomic mass is 10.0. The summed E-state index contributed by atoms with van der Waals surface area (Å²) in [5, 5.41) is 0. The molecule has 2 aliphatic rings. The highest BCUT2D eigenvalue weighted by Gasteiger charge is 2.39. The van der Waals surface area contributed by atoms with Gasteiger partial charge in [-0.3, -0.25) is 4.79 Å². The molecule has 126 valence electrons. The Balaban J connectivity index is 1.88. The summed E-state index contributed by atoms with van der Waals surface area (Å²) in [6.45, 7) is 5.57. The summed E-state index contributed by atoms with van der Waals surface area (Å²) in [7, 11) is 4.00. The van der Waals surface area contributed by atoms with Crippen LogP contribution in [0.1, 0.15) is 38.3 Å². The number of nitrogens with zero attached hydrogens (tertiary/aromatic N) is 5. The van der Waals surface area contributed by atoms with Crippen LogP contribution in [0.3, 0.4) is 0 Å². The van der Waals surface area contributed by atoms with Gasteiger partial charge in [-0.1, -0.05) is 0 Å². The van der Waals surface area contributed by atoms with Gasteiger partial charge in [0.15, 0.2) is 0 Å². The zero-order valence-corrected chi connectivity index (χ0v) is 14.6. The lowest BCUT2D eigenvalue weighted by Gasteiger charge is -2.35. The molecule has 0 radical (unpaired) electrons. The predicted molar refractivity (Wildman–Crippen MR) is 91.9 cm³/mol. The van der Waals surface area contributed by atoms with Crippen LogP contribution in [-0.2, 0) is 4.79 Å². The Kier molecular flexibility index (Phi) is 4.41. The molecule has 0 N–H and O–H groups in total. The topological polar surface area (TPSA) is 52.6 Å². The monoisotopic (exact) mass is 317 g/mol. The van der Waals surface area contributed by atoms with E-state index in [1.807, 2.05) is 36.9 Å². The van der Waals surface area contributed by atoms with Gasteiger partial charge in [-0.25, -0.2) is 4.98 Å². The van der Waals surface area contributed by atoms with Crippen molar-refractivity contribution in [1.82, 2.24) is 14.9 Å². The maximum atomic E-state index is 11.9. The van der Waals surface area contributed by atoms with E-state index in [1.54, 1.807) is 6.92 Å². The molecule has 6 nitrogen and oxygen atoms in total. The number of hydrogen-bond acceptors (Lipinski definition) is 5. The summed E-state index contributed by atoms with van der Waals surface area (Å²) < 4.78 is 0. The minimum Gasteiger partial charge on any atom is -0.363 e. The molecule has 6 heteroatoms. The highest BCUT2D eigenvalue weighted by molar-refractivity contribution is 5.74. The van der Waals surface area contributed by atoms with Gasteiger partial charge in [0.25, 0.3) is 0 Å². The van der Waals surface area contributed by atoms with Gasteiger partial charge in [-0.2, -0.15) is 4.98 Å². The molecular weight excluding hydrogens is 290 g/mol. The summed E-state index contributed by atoms with van der Waals surface area (Å²) in [4.78, 5) is 27.7. The molecule has 3 heterocycles. The van der Waals surface area contributed by atoms with Crippen molar-refractivity contribution in [2.24, 2.45) is 0 Å². The first kappa shape index (κ1) is 16.0. The number of likely N-dealkylation sites (tertiary alicyclic amines) is 1. The number of carbonyl (C=O) groups excluding carboxylic acids is 1. The number of rotatable bonds is 3. The third-order valence-corrected chi connectivity index (χ3v) is 4.99. The molecule has 2 atom stereocenters. The molecule has 1 amide bonds. The zero-order chi connectivity index (χ0) is 16.6. The molecule has 23 heavy (non-hydrogen) atoms. The summed E-state index contributed by atoms with van der Waals surface area (Å²) in [5.41, 5.74) is 0.985. The maximum absolute atomic E-state index is 11.9. The molecule has 0 aromatic carbocycles. The van der Waals surface area contributed by atoms with Crippen LogP contribution in [0.25, 0.3) is 0 Å². The second-order valence-corrected chi connectivity index (χ2v) is 6.89. The van der Waals surface area contributed by atoms with E-state index in [1.165, 1.54) is 0 Å². The van der Waals surface area contributed by atoms with Crippen LogP contribution in [0.4, 0.5) is 11.8 Å². The molecule has 3 rings (SSSR count). The Labute approximate surface area is 138 Å². The SMILES string of the molecule is CC(=O)N1CCC[C@H]1[C@H]1CCCN1c1nc(C)cc(N(C)C)n1. The van der Waals surface area contributed by atoms with Gasteiger partial charge in [0.1, 0.15) is 5.82 Å². The molecule has 0 saturated carbocycles. The smallest absolute Gasteiger partial charge is 0.227 e. The van der Waals surface area contributed by atoms with Crippen molar-refractivity contribution in [1.29, 1.82) is 0 Å². The fourth-order valence-electron chi connectivity index (χ4n) is 3.92. The normalized spacial score (nSPS) is 24.3. The minimum absolute atomic E-state index is 0.193. The summed E-state index contributed by atoms with van der Waals surface area (Å²) in [6.07, 6.45) is 4.45. The van der Waals surface area contributed by atoms with Crippen molar-refractivity contribution >= 4 is 17.7 Å². The summed E-state index contributed by atoms with van der Waals surface area (Å²) >= 11 is 0. The van der Waals surface area contributed by atoms with Crippen molar-refractivity contribution in [2.45, 2.75) is 51.6 Å². The highest BCUT2D eigenvalue weighted by atomic mass is 16.2. The fraction of sp³-hybridized carbons (Fsp3) is 0.706. The number of aromatic nitrogens is 2. The van der Waals surface area contributed by atoms with Crippen molar-refractivity contribution in [3.8, 4) is 0 Å². The van der Waals surface area contributed by atoms with Crippen LogP contribution in [0.5, 0.6) is 0 Å². The first-order chi connectivity index (χ1) is 11.0. The van der Waals surface area contributed by atoms with Gasteiger partial charge in [-0.05, 0) is 32.6 Å². The Bertz CT molecular complexity index is 588. The first-order valence-corrected chi connectivity index (χ1v) is 8.54. The molecule has 0 unspecified atom stereocenters. The molecule has 1 aromatic heterocycles. The third kappa shape index (κ3) is 3.12. The van der Waals surface area contributed by atoms with E-state index in [0.717, 1.165) is 56.2 Å². The van der Waals surface area contributed by atoms with E-state index in [4.69, 9.17) is 4.98 Å². The highest BCUT2D eigenvalue weighted by Crippen LogP contribution is 2.32. The van der Waals surface area contributed by atoms with Crippen molar-refractivity contribution in [3.05, 3.63) is 11.8 Å². The quantitative estimate of drug-likeness (QED) is 0.851. The third-order valence-electron chi connectivity index (χ3n) is 4.99. The van der Waals surface area contributed by atoms with E-state index in [-0.39, 0.29) is 5.91 Å². The van der Waals surface area contributed by atoms with Crippen LogP contribution in [-0.4, -0.2) is 60.0 Å². The van der Waals surface area contributed by atoms with Crippen molar-refractivity contribution < 1.29 is 4.79 Å². The summed E-state index contributed by atoms with van der Waals surface area (Å²) in [6, 6.07) is 2.66. The van der Waals surface area contributed by atoms with Gasteiger partial charge in [0.2, 0.25) is 11.9 Å². The van der Waals surface area contributed by atoms with Gasteiger partial charge in [-0.15, -0.1) is 0 Å². The van der Waals surface area contributed by atoms with Crippen LogP contribution < -0.4 is 9.80 Å². The standard InChI is InChI=1S/C17H27N5O/c1-12-11-16(20(3)4)19-17(18-12)22-10-6-8-15(22)14-7-5-9-21(14)13(2)23/h11,14-15H,5-10H2,1-4H3/t14-,15+/m0/s1.